The Balaban J connectivity index is 3.26. The van der Waals surface area contributed by atoms with Crippen molar-refractivity contribution in [2.75, 3.05) is 13.2 Å². The average molecular weight is 247 g/mol. The van der Waals surface area contributed by atoms with Crippen molar-refractivity contribution in [1.29, 1.82) is 0 Å². The molecule has 1 N–H and O–H groups in total. The summed E-state index contributed by atoms with van der Waals surface area (Å²) in [5, 5.41) is 3.13. The van der Waals surface area contributed by atoms with E-state index < -0.39 is 0 Å². The van der Waals surface area contributed by atoms with Crippen molar-refractivity contribution in [1.82, 2.24) is 5.32 Å². The molecule has 1 unspecified atom stereocenters. The van der Waals surface area contributed by atoms with Crippen molar-refractivity contribution in [3.05, 3.63) is 0 Å². The minimum Gasteiger partial charge on any atom is -0.466 e. The topological polar surface area (TPSA) is 55.4 Å². The minimum atomic E-state index is 0.0155. The Bertz CT molecular complexity index is 200. The number of unbranched alkanes of at least 4 members (excludes halogenated alkanes) is 1. The van der Waals surface area contributed by atoms with Crippen molar-refractivity contribution >= 4 is 25.0 Å². The molecule has 0 rings (SSSR count). The zero-order valence-corrected chi connectivity index (χ0v) is 10.7. The largest absolute Gasteiger partial charge is 0.466 e. The number of rotatable bonds is 10. The highest BCUT2D eigenvalue weighted by Crippen LogP contribution is 2.11. The molecule has 0 spiro atoms. The van der Waals surface area contributed by atoms with Crippen molar-refractivity contribution in [2.24, 2.45) is 0 Å². The second kappa shape index (κ2) is 10.8. The van der Waals surface area contributed by atoms with Gasteiger partial charge in [-0.15, -0.1) is 0 Å². The summed E-state index contributed by atoms with van der Waals surface area (Å²) >= 11 is 4.38. The molecule has 0 heterocycles. The molecule has 1 amide bonds. The maximum atomic E-state index is 11.2. The standard InChI is InChI=1S/C11H21NO3S/c1-2-10(16)5-3-4-6-11(14)12-7-8-15-9-13/h9-10,16H,2-8H2,1H3,(H,12,14). The van der Waals surface area contributed by atoms with Gasteiger partial charge >= 0.3 is 0 Å². The van der Waals surface area contributed by atoms with Crippen LogP contribution in [0.25, 0.3) is 0 Å². The van der Waals surface area contributed by atoms with Crippen molar-refractivity contribution in [3.63, 3.8) is 0 Å². The monoisotopic (exact) mass is 247 g/mol. The molecule has 0 saturated heterocycles. The molecule has 94 valence electrons. The molecular formula is C11H21NO3S. The Morgan fingerprint density at radius 3 is 2.88 bits per heavy atom. The number of ether oxygens (including phenoxy) is 1. The van der Waals surface area contributed by atoms with Crippen LogP contribution in [-0.2, 0) is 14.3 Å². The van der Waals surface area contributed by atoms with Gasteiger partial charge in [-0.2, -0.15) is 12.6 Å². The van der Waals surface area contributed by atoms with Crippen LogP contribution in [0.5, 0.6) is 0 Å². The van der Waals surface area contributed by atoms with Crippen molar-refractivity contribution in [2.45, 2.75) is 44.3 Å². The van der Waals surface area contributed by atoms with Gasteiger partial charge in [-0.25, -0.2) is 0 Å². The maximum absolute atomic E-state index is 11.2. The van der Waals surface area contributed by atoms with Gasteiger partial charge < -0.3 is 10.1 Å². The molecule has 0 radical (unpaired) electrons. The summed E-state index contributed by atoms with van der Waals surface area (Å²) in [4.78, 5) is 21.1. The molecule has 0 aromatic rings. The maximum Gasteiger partial charge on any atom is 0.293 e. The predicted octanol–water partition coefficient (Wildman–Crippen LogP) is 1.54. The first kappa shape index (κ1) is 15.3. The summed E-state index contributed by atoms with van der Waals surface area (Å²) in [6.07, 6.45) is 4.57. The van der Waals surface area contributed by atoms with Crippen LogP contribution >= 0.6 is 12.6 Å². The number of thiol groups is 1. The van der Waals surface area contributed by atoms with E-state index in [1.54, 1.807) is 0 Å². The summed E-state index contributed by atoms with van der Waals surface area (Å²) in [6, 6.07) is 0. The highest BCUT2D eigenvalue weighted by molar-refractivity contribution is 7.80. The van der Waals surface area contributed by atoms with Crippen LogP contribution in [0, 0.1) is 0 Å². The Hall–Kier alpha value is -0.710. The van der Waals surface area contributed by atoms with Gasteiger partial charge in [0.25, 0.3) is 6.47 Å². The summed E-state index contributed by atoms with van der Waals surface area (Å²) in [5.41, 5.74) is 0. The molecular weight excluding hydrogens is 226 g/mol. The van der Waals surface area contributed by atoms with Crippen LogP contribution in [-0.4, -0.2) is 30.8 Å². The van der Waals surface area contributed by atoms with E-state index in [0.29, 0.717) is 24.7 Å². The molecule has 5 heteroatoms. The second-order valence-electron chi connectivity index (χ2n) is 3.62. The van der Waals surface area contributed by atoms with E-state index in [0.717, 1.165) is 25.7 Å². The lowest BCUT2D eigenvalue weighted by Crippen LogP contribution is -2.26. The average Bonchev–Trinajstić information content (AvgIpc) is 2.30. The molecule has 0 aliphatic carbocycles. The lowest BCUT2D eigenvalue weighted by Gasteiger charge is -2.07. The van der Waals surface area contributed by atoms with E-state index in [-0.39, 0.29) is 12.5 Å². The molecule has 0 aromatic heterocycles. The van der Waals surface area contributed by atoms with Gasteiger partial charge in [0.05, 0.1) is 6.54 Å². The molecule has 0 aliphatic rings. The third-order valence-corrected chi connectivity index (χ3v) is 2.90. The number of hydrogen-bond donors (Lipinski definition) is 2. The summed E-state index contributed by atoms with van der Waals surface area (Å²) in [5.74, 6) is 0.0155. The fraction of sp³-hybridized carbons (Fsp3) is 0.818. The molecule has 0 saturated carbocycles. The molecule has 4 nitrogen and oxygen atoms in total. The molecule has 1 atom stereocenters. The van der Waals surface area contributed by atoms with E-state index in [1.807, 2.05) is 0 Å². The van der Waals surface area contributed by atoms with E-state index in [4.69, 9.17) is 0 Å². The molecule has 0 fully saturated rings. The van der Waals surface area contributed by atoms with Gasteiger partial charge in [-0.1, -0.05) is 13.3 Å². The van der Waals surface area contributed by atoms with Gasteiger partial charge in [0.15, 0.2) is 0 Å². The third-order valence-electron chi connectivity index (χ3n) is 2.27. The minimum absolute atomic E-state index is 0.0155. The van der Waals surface area contributed by atoms with E-state index in [1.165, 1.54) is 0 Å². The SMILES string of the molecule is CCC(S)CCCCC(=O)NCCOC=O. The Kier molecular flexibility index (Phi) is 10.3. The van der Waals surface area contributed by atoms with Crippen LogP contribution in [0.3, 0.4) is 0 Å². The first-order valence-electron chi connectivity index (χ1n) is 5.70. The van der Waals surface area contributed by atoms with E-state index in [9.17, 15) is 9.59 Å². The Morgan fingerprint density at radius 1 is 1.50 bits per heavy atom. The summed E-state index contributed by atoms with van der Waals surface area (Å²) in [6.45, 7) is 3.12. The first-order chi connectivity index (χ1) is 7.70. The smallest absolute Gasteiger partial charge is 0.293 e. The Labute approximate surface area is 103 Å². The molecule has 16 heavy (non-hydrogen) atoms. The summed E-state index contributed by atoms with van der Waals surface area (Å²) in [7, 11) is 0. The number of amides is 1. The highest BCUT2D eigenvalue weighted by Gasteiger charge is 2.02. The highest BCUT2D eigenvalue weighted by atomic mass is 32.1. The van der Waals surface area contributed by atoms with Crippen molar-refractivity contribution < 1.29 is 14.3 Å². The Morgan fingerprint density at radius 2 is 2.25 bits per heavy atom. The second-order valence-corrected chi connectivity index (χ2v) is 4.36. The van der Waals surface area contributed by atoms with Gasteiger partial charge in [0.1, 0.15) is 6.61 Å². The van der Waals surface area contributed by atoms with Gasteiger partial charge in [0, 0.05) is 11.7 Å². The lowest BCUT2D eigenvalue weighted by molar-refractivity contribution is -0.129. The quantitative estimate of drug-likeness (QED) is 0.350. The van der Waals surface area contributed by atoms with Gasteiger partial charge in [0.2, 0.25) is 5.91 Å². The normalized spacial score (nSPS) is 11.9. The predicted molar refractivity (Wildman–Crippen MR) is 66.6 cm³/mol. The third kappa shape index (κ3) is 9.83. The molecule has 0 bridgehead atoms. The zero-order valence-electron chi connectivity index (χ0n) is 9.78. The van der Waals surface area contributed by atoms with Crippen LogP contribution in [0.2, 0.25) is 0 Å². The number of nitrogens with one attached hydrogen (secondary N) is 1. The molecule has 0 aliphatic heterocycles. The van der Waals surface area contributed by atoms with Gasteiger partial charge in [-0.05, 0) is 19.3 Å². The first-order valence-corrected chi connectivity index (χ1v) is 6.22. The number of hydrogen-bond acceptors (Lipinski definition) is 4. The lowest BCUT2D eigenvalue weighted by atomic mass is 10.1. The fourth-order valence-corrected chi connectivity index (χ4v) is 1.44. The summed E-state index contributed by atoms with van der Waals surface area (Å²) < 4.78 is 4.45. The van der Waals surface area contributed by atoms with E-state index in [2.05, 4.69) is 29.6 Å². The van der Waals surface area contributed by atoms with Crippen molar-refractivity contribution in [3.8, 4) is 0 Å². The number of carbonyl (C=O) groups excluding carboxylic acids is 2. The van der Waals surface area contributed by atoms with Crippen LogP contribution in [0.4, 0.5) is 0 Å². The zero-order chi connectivity index (χ0) is 12.2. The molecule has 0 aromatic carbocycles. The van der Waals surface area contributed by atoms with E-state index >= 15 is 0 Å². The van der Waals surface area contributed by atoms with Crippen LogP contribution in [0.1, 0.15) is 39.0 Å². The van der Waals surface area contributed by atoms with Gasteiger partial charge in [-0.3, -0.25) is 9.59 Å². The number of carbonyl (C=O) groups is 2. The van der Waals surface area contributed by atoms with Crippen LogP contribution in [0.15, 0.2) is 0 Å². The fourth-order valence-electron chi connectivity index (χ4n) is 1.26. The van der Waals surface area contributed by atoms with Crippen LogP contribution < -0.4 is 5.32 Å².